The number of carboxylic acid groups (broad SMARTS) is 1. The van der Waals surface area contributed by atoms with Gasteiger partial charge in [0.05, 0.1) is 0 Å². The monoisotopic (exact) mass is 192 g/mol. The van der Waals surface area contributed by atoms with Crippen LogP contribution in [0.5, 0.6) is 0 Å². The van der Waals surface area contributed by atoms with Crippen molar-refractivity contribution in [1.29, 1.82) is 0 Å². The molecule has 1 rings (SSSR count). The Kier molecular flexibility index (Phi) is 4.58. The zero-order valence-electron chi connectivity index (χ0n) is 6.72. The van der Waals surface area contributed by atoms with Gasteiger partial charge in [0, 0.05) is 25.1 Å². The Morgan fingerprint density at radius 1 is 1.08 bits per heavy atom. The van der Waals surface area contributed by atoms with Gasteiger partial charge < -0.3 is 5.11 Å². The second kappa shape index (κ2) is 5.18. The molecule has 0 spiro atoms. The van der Waals surface area contributed by atoms with Gasteiger partial charge in [-0.15, -0.1) is 0 Å². The standard InChI is InChI=1S/C6H3F3.C2H4O2/c7-4-1-5(8)3-6(9)2-4;1-2(3)4/h1-3H;1H3,(H,3,4). The van der Waals surface area contributed by atoms with Crippen LogP contribution in [0.15, 0.2) is 18.2 Å². The molecule has 1 aromatic carbocycles. The summed E-state index contributed by atoms with van der Waals surface area (Å²) >= 11 is 0. The summed E-state index contributed by atoms with van der Waals surface area (Å²) in [5, 5.41) is 7.42. The van der Waals surface area contributed by atoms with Crippen molar-refractivity contribution in [2.45, 2.75) is 6.92 Å². The molecule has 5 heteroatoms. The Labute approximate surface area is 72.6 Å². The average Bonchev–Trinajstić information content (AvgIpc) is 1.80. The topological polar surface area (TPSA) is 37.3 Å². The maximum atomic E-state index is 11.9. The van der Waals surface area contributed by atoms with Gasteiger partial charge in [0.15, 0.2) is 0 Å². The summed E-state index contributed by atoms with van der Waals surface area (Å²) in [7, 11) is 0. The number of aliphatic carboxylic acids is 1. The minimum absolute atomic E-state index is 0.614. The highest BCUT2D eigenvalue weighted by atomic mass is 19.1. The highest BCUT2D eigenvalue weighted by Gasteiger charge is 1.96. The molecule has 0 aliphatic carbocycles. The fourth-order valence-electron chi connectivity index (χ4n) is 0.520. The molecular formula is C8H7F3O2. The molecule has 0 saturated heterocycles. The maximum absolute atomic E-state index is 11.9. The molecule has 0 heterocycles. The van der Waals surface area contributed by atoms with Gasteiger partial charge >= 0.3 is 0 Å². The SMILES string of the molecule is CC(=O)O.Fc1cc(F)cc(F)c1. The van der Waals surface area contributed by atoms with E-state index in [0.29, 0.717) is 18.2 Å². The van der Waals surface area contributed by atoms with E-state index in [2.05, 4.69) is 0 Å². The summed E-state index contributed by atoms with van der Waals surface area (Å²) in [6, 6.07) is 1.84. The molecule has 0 aromatic heterocycles. The molecule has 0 fully saturated rings. The molecule has 0 saturated carbocycles. The zero-order valence-corrected chi connectivity index (χ0v) is 6.72. The van der Waals surface area contributed by atoms with E-state index in [0.717, 1.165) is 6.92 Å². The van der Waals surface area contributed by atoms with Gasteiger partial charge in [-0.3, -0.25) is 4.79 Å². The van der Waals surface area contributed by atoms with Crippen molar-refractivity contribution < 1.29 is 23.1 Å². The van der Waals surface area contributed by atoms with Crippen LogP contribution in [0.3, 0.4) is 0 Å². The van der Waals surface area contributed by atoms with Gasteiger partial charge in [-0.1, -0.05) is 0 Å². The first-order valence-electron chi connectivity index (χ1n) is 3.23. The Morgan fingerprint density at radius 2 is 1.23 bits per heavy atom. The summed E-state index contributed by atoms with van der Waals surface area (Å²) in [4.78, 5) is 9.00. The van der Waals surface area contributed by atoms with E-state index in [1.165, 1.54) is 0 Å². The van der Waals surface area contributed by atoms with E-state index in [1.807, 2.05) is 0 Å². The summed E-state index contributed by atoms with van der Waals surface area (Å²) in [5.41, 5.74) is 0. The van der Waals surface area contributed by atoms with Crippen LogP contribution in [0.4, 0.5) is 13.2 Å². The number of carbonyl (C=O) groups is 1. The summed E-state index contributed by atoms with van der Waals surface area (Å²) in [6.07, 6.45) is 0. The van der Waals surface area contributed by atoms with Gasteiger partial charge in [0.2, 0.25) is 0 Å². The lowest BCUT2D eigenvalue weighted by molar-refractivity contribution is -0.134. The number of benzene rings is 1. The lowest BCUT2D eigenvalue weighted by Crippen LogP contribution is -1.81. The van der Waals surface area contributed by atoms with Crippen molar-refractivity contribution in [2.75, 3.05) is 0 Å². The quantitative estimate of drug-likeness (QED) is 0.684. The van der Waals surface area contributed by atoms with E-state index in [4.69, 9.17) is 9.90 Å². The Morgan fingerprint density at radius 3 is 1.38 bits per heavy atom. The van der Waals surface area contributed by atoms with E-state index in [1.54, 1.807) is 0 Å². The molecular weight excluding hydrogens is 185 g/mol. The van der Waals surface area contributed by atoms with Gasteiger partial charge in [0.1, 0.15) is 17.5 Å². The lowest BCUT2D eigenvalue weighted by atomic mass is 10.3. The third kappa shape index (κ3) is 6.86. The number of halogens is 3. The average molecular weight is 192 g/mol. The van der Waals surface area contributed by atoms with Crippen LogP contribution in [-0.2, 0) is 4.79 Å². The minimum Gasteiger partial charge on any atom is -0.481 e. The number of hydrogen-bond donors (Lipinski definition) is 1. The van der Waals surface area contributed by atoms with Crippen LogP contribution in [-0.4, -0.2) is 11.1 Å². The second-order valence-corrected chi connectivity index (χ2v) is 2.11. The lowest BCUT2D eigenvalue weighted by Gasteiger charge is -1.88. The van der Waals surface area contributed by atoms with E-state index < -0.39 is 23.4 Å². The first-order valence-corrected chi connectivity index (χ1v) is 3.23. The predicted octanol–water partition coefficient (Wildman–Crippen LogP) is 2.19. The summed E-state index contributed by atoms with van der Waals surface area (Å²) in [6.45, 7) is 1.08. The Balaban J connectivity index is 0.000000310. The number of hydrogen-bond acceptors (Lipinski definition) is 1. The normalized spacial score (nSPS) is 8.62. The minimum atomic E-state index is -0.896. The molecule has 72 valence electrons. The fourth-order valence-corrected chi connectivity index (χ4v) is 0.520. The van der Waals surface area contributed by atoms with Crippen molar-refractivity contribution >= 4 is 5.97 Å². The van der Waals surface area contributed by atoms with Crippen molar-refractivity contribution in [2.24, 2.45) is 0 Å². The van der Waals surface area contributed by atoms with E-state index >= 15 is 0 Å². The molecule has 0 aliphatic rings. The maximum Gasteiger partial charge on any atom is 0.300 e. The smallest absolute Gasteiger partial charge is 0.300 e. The van der Waals surface area contributed by atoms with Gasteiger partial charge in [-0.2, -0.15) is 0 Å². The molecule has 0 atom stereocenters. The molecule has 0 bridgehead atoms. The van der Waals surface area contributed by atoms with Crippen molar-refractivity contribution in [3.05, 3.63) is 35.7 Å². The molecule has 0 amide bonds. The first kappa shape index (κ1) is 11.5. The van der Waals surface area contributed by atoms with Crippen LogP contribution in [0.25, 0.3) is 0 Å². The molecule has 0 unspecified atom stereocenters. The number of carboxylic acids is 1. The Hall–Kier alpha value is -1.52. The zero-order chi connectivity index (χ0) is 10.4. The molecule has 1 N–H and O–H groups in total. The fraction of sp³-hybridized carbons (Fsp3) is 0.125. The van der Waals surface area contributed by atoms with Crippen LogP contribution in [0.2, 0.25) is 0 Å². The summed E-state index contributed by atoms with van der Waals surface area (Å²) < 4.78 is 35.8. The van der Waals surface area contributed by atoms with Gasteiger partial charge in [-0.25, -0.2) is 13.2 Å². The van der Waals surface area contributed by atoms with Crippen molar-refractivity contribution in [3.8, 4) is 0 Å². The molecule has 0 radical (unpaired) electrons. The first-order chi connectivity index (χ1) is 5.91. The third-order valence-corrected chi connectivity index (χ3v) is 0.827. The largest absolute Gasteiger partial charge is 0.481 e. The van der Waals surface area contributed by atoms with Crippen molar-refractivity contribution in [1.82, 2.24) is 0 Å². The van der Waals surface area contributed by atoms with Crippen LogP contribution in [0, 0.1) is 17.5 Å². The van der Waals surface area contributed by atoms with E-state index in [9.17, 15) is 13.2 Å². The molecule has 2 nitrogen and oxygen atoms in total. The van der Waals surface area contributed by atoms with E-state index in [-0.39, 0.29) is 0 Å². The van der Waals surface area contributed by atoms with Gasteiger partial charge in [0.25, 0.3) is 5.97 Å². The highest BCUT2D eigenvalue weighted by molar-refractivity contribution is 5.62. The molecule has 1 aromatic rings. The molecule has 0 aliphatic heterocycles. The van der Waals surface area contributed by atoms with Crippen molar-refractivity contribution in [3.63, 3.8) is 0 Å². The predicted molar refractivity (Wildman–Crippen MR) is 39.6 cm³/mol. The highest BCUT2D eigenvalue weighted by Crippen LogP contribution is 2.04. The second-order valence-electron chi connectivity index (χ2n) is 2.11. The third-order valence-electron chi connectivity index (χ3n) is 0.827. The number of rotatable bonds is 0. The van der Waals surface area contributed by atoms with Crippen LogP contribution in [0.1, 0.15) is 6.92 Å². The summed E-state index contributed by atoms with van der Waals surface area (Å²) in [5.74, 6) is -3.52. The van der Waals surface area contributed by atoms with Gasteiger partial charge in [-0.05, 0) is 0 Å². The Bertz CT molecular complexity index is 245. The van der Waals surface area contributed by atoms with Crippen LogP contribution < -0.4 is 0 Å². The molecule has 13 heavy (non-hydrogen) atoms. The van der Waals surface area contributed by atoms with Crippen LogP contribution >= 0.6 is 0 Å².